The van der Waals surface area contributed by atoms with Gasteiger partial charge >= 0.3 is 5.97 Å². The van der Waals surface area contributed by atoms with Gasteiger partial charge in [0.05, 0.1) is 0 Å². The SMILES string of the molecule is O=C(O)c1n[nH]c2c1CN(C(=O)C1CCCCC1)CC2. The molecule has 1 fully saturated rings. The molecule has 108 valence electrons. The smallest absolute Gasteiger partial charge is 0.356 e. The number of rotatable bonds is 2. The van der Waals surface area contributed by atoms with E-state index in [4.69, 9.17) is 5.11 Å². The Morgan fingerprint density at radius 3 is 2.70 bits per heavy atom. The summed E-state index contributed by atoms with van der Waals surface area (Å²) in [6.45, 7) is 1.03. The number of nitrogens with one attached hydrogen (secondary N) is 1. The normalized spacial score (nSPS) is 19.7. The van der Waals surface area contributed by atoms with Gasteiger partial charge in [-0.1, -0.05) is 19.3 Å². The highest BCUT2D eigenvalue weighted by atomic mass is 16.4. The van der Waals surface area contributed by atoms with Crippen LogP contribution in [0.1, 0.15) is 53.8 Å². The molecule has 0 unspecified atom stereocenters. The molecule has 1 aromatic rings. The number of hydrogen-bond acceptors (Lipinski definition) is 3. The maximum atomic E-state index is 12.5. The van der Waals surface area contributed by atoms with Gasteiger partial charge in [-0.05, 0) is 12.8 Å². The van der Waals surface area contributed by atoms with Crippen molar-refractivity contribution in [1.82, 2.24) is 15.1 Å². The van der Waals surface area contributed by atoms with Crippen LogP contribution < -0.4 is 0 Å². The van der Waals surface area contributed by atoms with Crippen LogP contribution in [0.4, 0.5) is 0 Å². The molecule has 2 N–H and O–H groups in total. The third-order valence-corrected chi connectivity index (χ3v) is 4.40. The molecular weight excluding hydrogens is 258 g/mol. The molecule has 2 aliphatic rings. The maximum absolute atomic E-state index is 12.5. The molecule has 3 rings (SSSR count). The van der Waals surface area contributed by atoms with Crippen LogP contribution in [-0.2, 0) is 17.8 Å². The van der Waals surface area contributed by atoms with Crippen LogP contribution in [0.3, 0.4) is 0 Å². The van der Waals surface area contributed by atoms with Crippen molar-refractivity contribution in [2.45, 2.75) is 45.1 Å². The fourth-order valence-corrected chi connectivity index (χ4v) is 3.27. The van der Waals surface area contributed by atoms with E-state index in [1.54, 1.807) is 4.90 Å². The highest BCUT2D eigenvalue weighted by Crippen LogP contribution is 2.28. The lowest BCUT2D eigenvalue weighted by Crippen LogP contribution is -2.40. The van der Waals surface area contributed by atoms with Crippen molar-refractivity contribution in [3.05, 3.63) is 17.0 Å². The minimum atomic E-state index is -1.03. The highest BCUT2D eigenvalue weighted by Gasteiger charge is 2.31. The number of carbonyl (C=O) groups excluding carboxylic acids is 1. The van der Waals surface area contributed by atoms with E-state index < -0.39 is 5.97 Å². The topological polar surface area (TPSA) is 86.3 Å². The first-order valence-corrected chi connectivity index (χ1v) is 7.25. The van der Waals surface area contributed by atoms with Crippen molar-refractivity contribution in [2.75, 3.05) is 6.54 Å². The van der Waals surface area contributed by atoms with Gasteiger partial charge in [-0.25, -0.2) is 4.79 Å². The summed E-state index contributed by atoms with van der Waals surface area (Å²) in [6.07, 6.45) is 6.08. The molecule has 0 saturated heterocycles. The lowest BCUT2D eigenvalue weighted by atomic mass is 9.87. The summed E-state index contributed by atoms with van der Waals surface area (Å²) < 4.78 is 0. The van der Waals surface area contributed by atoms with Crippen LogP contribution in [0.5, 0.6) is 0 Å². The van der Waals surface area contributed by atoms with Crippen molar-refractivity contribution in [3.8, 4) is 0 Å². The molecule has 6 nitrogen and oxygen atoms in total. The van der Waals surface area contributed by atoms with Crippen molar-refractivity contribution in [3.63, 3.8) is 0 Å². The van der Waals surface area contributed by atoms with E-state index in [0.717, 1.165) is 31.4 Å². The van der Waals surface area contributed by atoms with Crippen molar-refractivity contribution >= 4 is 11.9 Å². The van der Waals surface area contributed by atoms with E-state index in [0.29, 0.717) is 25.1 Å². The summed E-state index contributed by atoms with van der Waals surface area (Å²) in [5, 5.41) is 15.7. The summed E-state index contributed by atoms with van der Waals surface area (Å²) in [6, 6.07) is 0. The molecule has 1 amide bonds. The second-order valence-electron chi connectivity index (χ2n) is 5.68. The number of fused-ring (bicyclic) bond motifs is 1. The Hall–Kier alpha value is -1.85. The Morgan fingerprint density at radius 1 is 1.25 bits per heavy atom. The van der Waals surface area contributed by atoms with Gasteiger partial charge in [0.1, 0.15) is 0 Å². The summed E-state index contributed by atoms with van der Waals surface area (Å²) >= 11 is 0. The molecule has 1 aliphatic heterocycles. The zero-order chi connectivity index (χ0) is 14.1. The molecule has 0 spiro atoms. The van der Waals surface area contributed by atoms with E-state index in [2.05, 4.69) is 10.2 Å². The first-order chi connectivity index (χ1) is 9.66. The van der Waals surface area contributed by atoms with Crippen LogP contribution in [0.2, 0.25) is 0 Å². The summed E-state index contributed by atoms with van der Waals surface area (Å²) in [5.41, 5.74) is 1.59. The number of carbonyl (C=O) groups is 2. The van der Waals surface area contributed by atoms with E-state index in [9.17, 15) is 9.59 Å². The molecule has 1 aromatic heterocycles. The fourth-order valence-electron chi connectivity index (χ4n) is 3.27. The summed E-state index contributed by atoms with van der Waals surface area (Å²) in [4.78, 5) is 25.4. The number of carboxylic acid groups (broad SMARTS) is 1. The molecular formula is C14H19N3O3. The molecule has 6 heteroatoms. The van der Waals surface area contributed by atoms with Crippen molar-refractivity contribution in [2.24, 2.45) is 5.92 Å². The summed E-state index contributed by atoms with van der Waals surface area (Å²) in [5.74, 6) is -0.715. The molecule has 0 radical (unpaired) electrons. The number of aromatic amines is 1. The van der Waals surface area contributed by atoms with Gasteiger partial charge in [-0.2, -0.15) is 5.10 Å². The number of carboxylic acids is 1. The molecule has 1 aliphatic carbocycles. The minimum absolute atomic E-state index is 0.0566. The number of nitrogens with zero attached hydrogens (tertiary/aromatic N) is 2. The number of aromatic carboxylic acids is 1. The van der Waals surface area contributed by atoms with Crippen LogP contribution in [0, 0.1) is 5.92 Å². The predicted molar refractivity (Wildman–Crippen MR) is 71.2 cm³/mol. The Labute approximate surface area is 117 Å². The maximum Gasteiger partial charge on any atom is 0.356 e. The van der Waals surface area contributed by atoms with Gasteiger partial charge in [0.25, 0.3) is 0 Å². The largest absolute Gasteiger partial charge is 0.476 e. The van der Waals surface area contributed by atoms with E-state index >= 15 is 0 Å². The van der Waals surface area contributed by atoms with Gasteiger partial charge in [0, 0.05) is 36.7 Å². The van der Waals surface area contributed by atoms with Crippen LogP contribution >= 0.6 is 0 Å². The van der Waals surface area contributed by atoms with Gasteiger partial charge in [-0.3, -0.25) is 9.89 Å². The van der Waals surface area contributed by atoms with E-state index in [-0.39, 0.29) is 17.5 Å². The lowest BCUT2D eigenvalue weighted by Gasteiger charge is -2.31. The number of H-pyrrole nitrogens is 1. The van der Waals surface area contributed by atoms with E-state index in [1.165, 1.54) is 6.42 Å². The number of aromatic nitrogens is 2. The summed E-state index contributed by atoms with van der Waals surface area (Å²) in [7, 11) is 0. The monoisotopic (exact) mass is 277 g/mol. The Kier molecular flexibility index (Phi) is 3.46. The molecule has 0 aromatic carbocycles. The zero-order valence-electron chi connectivity index (χ0n) is 11.4. The fraction of sp³-hybridized carbons (Fsp3) is 0.643. The highest BCUT2D eigenvalue weighted by molar-refractivity contribution is 5.88. The van der Waals surface area contributed by atoms with Crippen LogP contribution in [0.25, 0.3) is 0 Å². The minimum Gasteiger partial charge on any atom is -0.476 e. The predicted octanol–water partition coefficient (Wildman–Crippen LogP) is 1.57. The van der Waals surface area contributed by atoms with Gasteiger partial charge in [0.2, 0.25) is 5.91 Å². The second-order valence-corrected chi connectivity index (χ2v) is 5.68. The van der Waals surface area contributed by atoms with Crippen molar-refractivity contribution < 1.29 is 14.7 Å². The van der Waals surface area contributed by atoms with E-state index in [1.807, 2.05) is 0 Å². The average molecular weight is 277 g/mol. The quantitative estimate of drug-likeness (QED) is 0.859. The van der Waals surface area contributed by atoms with Crippen LogP contribution in [-0.4, -0.2) is 38.6 Å². The lowest BCUT2D eigenvalue weighted by molar-refractivity contribution is -0.137. The molecule has 1 saturated carbocycles. The standard InChI is InChI=1S/C14H19N3O3/c18-13(9-4-2-1-3-5-9)17-7-6-11-10(8-17)12(14(19)20)16-15-11/h9H,1-8H2,(H,15,16)(H,19,20). The first-order valence-electron chi connectivity index (χ1n) is 7.25. The molecule has 0 bridgehead atoms. The number of amides is 1. The third kappa shape index (κ3) is 2.30. The molecule has 0 atom stereocenters. The van der Waals surface area contributed by atoms with Crippen molar-refractivity contribution in [1.29, 1.82) is 0 Å². The van der Waals surface area contributed by atoms with Gasteiger partial charge in [0.15, 0.2) is 5.69 Å². The Bertz CT molecular complexity index is 532. The first kappa shape index (κ1) is 13.1. The van der Waals surface area contributed by atoms with Crippen LogP contribution in [0.15, 0.2) is 0 Å². The van der Waals surface area contributed by atoms with Gasteiger partial charge < -0.3 is 10.0 Å². The Morgan fingerprint density at radius 2 is 2.00 bits per heavy atom. The molecule has 2 heterocycles. The average Bonchev–Trinajstić information content (AvgIpc) is 2.90. The zero-order valence-corrected chi connectivity index (χ0v) is 11.4. The Balaban J connectivity index is 1.75. The molecule has 20 heavy (non-hydrogen) atoms. The number of hydrogen-bond donors (Lipinski definition) is 2. The third-order valence-electron chi connectivity index (χ3n) is 4.40. The van der Waals surface area contributed by atoms with Gasteiger partial charge in [-0.15, -0.1) is 0 Å². The second kappa shape index (κ2) is 5.26.